The van der Waals surface area contributed by atoms with Crippen LogP contribution in [0.2, 0.25) is 5.02 Å². The number of nitrogens with zero attached hydrogens (tertiary/aromatic N) is 4. The average Bonchev–Trinajstić information content (AvgIpc) is 3.29. The lowest BCUT2D eigenvalue weighted by Gasteiger charge is -2.14. The summed E-state index contributed by atoms with van der Waals surface area (Å²) in [6.07, 6.45) is 0.172. The van der Waals surface area contributed by atoms with Gasteiger partial charge in [-0.3, -0.25) is 4.79 Å². The lowest BCUT2D eigenvalue weighted by Crippen LogP contribution is -2.16. The predicted octanol–water partition coefficient (Wildman–Crippen LogP) is 2.36. The fourth-order valence-electron chi connectivity index (χ4n) is 2.37. The molecule has 0 aliphatic carbocycles. The Labute approximate surface area is 164 Å². The van der Waals surface area contributed by atoms with Gasteiger partial charge in [0.15, 0.2) is 5.82 Å². The Morgan fingerprint density at radius 3 is 2.81 bits per heavy atom. The molecule has 142 valence electrons. The molecular formula is C15H15ClN6O3S2. The van der Waals surface area contributed by atoms with Crippen molar-refractivity contribution < 1.29 is 13.2 Å². The van der Waals surface area contributed by atoms with Crippen LogP contribution in [0, 0.1) is 0 Å². The van der Waals surface area contributed by atoms with Gasteiger partial charge in [-0.05, 0) is 34.0 Å². The highest BCUT2D eigenvalue weighted by molar-refractivity contribution is 7.89. The number of anilines is 1. The van der Waals surface area contributed by atoms with E-state index in [-0.39, 0.29) is 28.1 Å². The van der Waals surface area contributed by atoms with Gasteiger partial charge in [0.25, 0.3) is 0 Å². The first-order valence-corrected chi connectivity index (χ1v) is 10.6. The maximum absolute atomic E-state index is 12.1. The van der Waals surface area contributed by atoms with Crippen molar-refractivity contribution in [3.63, 3.8) is 0 Å². The van der Waals surface area contributed by atoms with Crippen LogP contribution < -0.4 is 10.5 Å². The third-order valence-electron chi connectivity index (χ3n) is 3.66. The lowest BCUT2D eigenvalue weighted by atomic mass is 10.1. The SMILES string of the molecule is CCC(=O)n1nnnc1-c1cc(S(N)(=O)=O)c(Cl)cc1NCc1cccs1. The molecule has 1 aromatic carbocycles. The number of carbonyl (C=O) groups is 1. The maximum atomic E-state index is 12.1. The van der Waals surface area contributed by atoms with Crippen molar-refractivity contribution in [1.29, 1.82) is 0 Å². The number of rotatable bonds is 6. The Morgan fingerprint density at radius 1 is 1.41 bits per heavy atom. The number of halogens is 1. The third-order valence-corrected chi connectivity index (χ3v) is 5.91. The molecule has 0 saturated heterocycles. The molecule has 0 saturated carbocycles. The molecule has 0 amide bonds. The van der Waals surface area contributed by atoms with Crippen molar-refractivity contribution in [2.24, 2.45) is 5.14 Å². The van der Waals surface area contributed by atoms with E-state index in [9.17, 15) is 13.2 Å². The summed E-state index contributed by atoms with van der Waals surface area (Å²) in [4.78, 5) is 12.9. The number of carbonyl (C=O) groups excluding carboxylic acids is 1. The molecule has 0 bridgehead atoms. The van der Waals surface area contributed by atoms with Crippen LogP contribution in [-0.4, -0.2) is 34.5 Å². The molecule has 0 radical (unpaired) electrons. The molecule has 0 unspecified atom stereocenters. The van der Waals surface area contributed by atoms with E-state index in [1.165, 1.54) is 12.1 Å². The van der Waals surface area contributed by atoms with E-state index in [1.807, 2.05) is 17.5 Å². The number of sulfonamides is 1. The Hall–Kier alpha value is -2.34. The average molecular weight is 427 g/mol. The van der Waals surface area contributed by atoms with Gasteiger partial charge in [0.2, 0.25) is 15.9 Å². The van der Waals surface area contributed by atoms with E-state index < -0.39 is 10.0 Å². The second-order valence-electron chi connectivity index (χ2n) is 5.47. The van der Waals surface area contributed by atoms with Crippen LogP contribution in [0.25, 0.3) is 11.4 Å². The molecule has 3 rings (SSSR count). The van der Waals surface area contributed by atoms with Crippen molar-refractivity contribution in [2.75, 3.05) is 5.32 Å². The molecule has 9 nitrogen and oxygen atoms in total. The van der Waals surface area contributed by atoms with Crippen molar-refractivity contribution in [2.45, 2.75) is 24.8 Å². The van der Waals surface area contributed by atoms with Crippen LogP contribution in [0.3, 0.4) is 0 Å². The Kier molecular flexibility index (Phi) is 5.56. The normalized spacial score (nSPS) is 11.5. The molecule has 3 aromatic rings. The van der Waals surface area contributed by atoms with Gasteiger partial charge in [0.05, 0.1) is 5.02 Å². The summed E-state index contributed by atoms with van der Waals surface area (Å²) in [5, 5.41) is 21.4. The topological polar surface area (TPSA) is 133 Å². The van der Waals surface area contributed by atoms with Gasteiger partial charge in [0.1, 0.15) is 4.90 Å². The van der Waals surface area contributed by atoms with E-state index in [2.05, 4.69) is 20.8 Å². The maximum Gasteiger partial charge on any atom is 0.250 e. The summed E-state index contributed by atoms with van der Waals surface area (Å²) in [6.45, 7) is 2.14. The Balaban J connectivity index is 2.14. The highest BCUT2D eigenvalue weighted by Gasteiger charge is 2.22. The van der Waals surface area contributed by atoms with Crippen molar-refractivity contribution >= 4 is 44.6 Å². The minimum Gasteiger partial charge on any atom is -0.380 e. The Morgan fingerprint density at radius 2 is 2.19 bits per heavy atom. The lowest BCUT2D eigenvalue weighted by molar-refractivity contribution is 0.0893. The van der Waals surface area contributed by atoms with Crippen molar-refractivity contribution in [3.8, 4) is 11.4 Å². The summed E-state index contributed by atoms with van der Waals surface area (Å²) in [6, 6.07) is 6.56. The van der Waals surface area contributed by atoms with Crippen molar-refractivity contribution in [3.05, 3.63) is 39.5 Å². The summed E-state index contributed by atoms with van der Waals surface area (Å²) in [5.41, 5.74) is 0.771. The molecule has 0 aliphatic heterocycles. The molecule has 0 spiro atoms. The number of hydrogen-bond acceptors (Lipinski definition) is 8. The summed E-state index contributed by atoms with van der Waals surface area (Å²) < 4.78 is 24.7. The van der Waals surface area contributed by atoms with Gasteiger partial charge >= 0.3 is 0 Å². The fraction of sp³-hybridized carbons (Fsp3) is 0.200. The highest BCUT2D eigenvalue weighted by Crippen LogP contribution is 2.34. The van der Waals surface area contributed by atoms with Gasteiger partial charge in [-0.2, -0.15) is 4.68 Å². The first-order valence-electron chi connectivity index (χ1n) is 7.75. The molecule has 12 heteroatoms. The molecule has 2 heterocycles. The monoisotopic (exact) mass is 426 g/mol. The van der Waals surface area contributed by atoms with Crippen LogP contribution >= 0.6 is 22.9 Å². The van der Waals surface area contributed by atoms with Gasteiger partial charge < -0.3 is 5.32 Å². The number of nitrogens with one attached hydrogen (secondary N) is 1. The van der Waals surface area contributed by atoms with Crippen LogP contribution in [0.15, 0.2) is 34.5 Å². The van der Waals surface area contributed by atoms with Crippen LogP contribution in [0.1, 0.15) is 23.0 Å². The van der Waals surface area contributed by atoms with Crippen LogP contribution in [-0.2, 0) is 16.6 Å². The number of hydrogen-bond donors (Lipinski definition) is 2. The molecular weight excluding hydrogens is 412 g/mol. The van der Waals surface area contributed by atoms with E-state index in [4.69, 9.17) is 16.7 Å². The van der Waals surface area contributed by atoms with E-state index in [0.29, 0.717) is 17.8 Å². The second kappa shape index (κ2) is 7.72. The number of primary sulfonamides is 1. The van der Waals surface area contributed by atoms with Crippen LogP contribution in [0.4, 0.5) is 5.69 Å². The van der Waals surface area contributed by atoms with Gasteiger partial charge in [-0.15, -0.1) is 16.4 Å². The fourth-order valence-corrected chi connectivity index (χ4v) is 4.11. The standard InChI is InChI=1S/C15H15ClN6O3S2/c1-2-14(23)22-15(19-20-21-22)10-6-13(27(17,24)25)11(16)7-12(10)18-8-9-4-3-5-26-9/h3-7,18H,2,8H2,1H3,(H2,17,24,25). The molecule has 3 N–H and O–H groups in total. The number of nitrogens with two attached hydrogens (primary N) is 1. The highest BCUT2D eigenvalue weighted by atomic mass is 35.5. The number of aromatic nitrogens is 4. The number of tetrazole rings is 1. The zero-order chi connectivity index (χ0) is 19.6. The molecule has 0 aliphatic rings. The number of thiophene rings is 1. The van der Waals surface area contributed by atoms with Gasteiger partial charge in [-0.25, -0.2) is 13.6 Å². The summed E-state index contributed by atoms with van der Waals surface area (Å²) >= 11 is 7.67. The summed E-state index contributed by atoms with van der Waals surface area (Å²) in [7, 11) is -4.08. The minimum atomic E-state index is -4.08. The van der Waals surface area contributed by atoms with Gasteiger partial charge in [-0.1, -0.05) is 24.6 Å². The minimum absolute atomic E-state index is 0.0456. The smallest absolute Gasteiger partial charge is 0.250 e. The van der Waals surface area contributed by atoms with Crippen molar-refractivity contribution in [1.82, 2.24) is 20.2 Å². The first-order chi connectivity index (χ1) is 12.8. The zero-order valence-corrected chi connectivity index (χ0v) is 16.5. The van der Waals surface area contributed by atoms with E-state index in [0.717, 1.165) is 9.56 Å². The van der Waals surface area contributed by atoms with Crippen LogP contribution in [0.5, 0.6) is 0 Å². The van der Waals surface area contributed by atoms with E-state index >= 15 is 0 Å². The largest absolute Gasteiger partial charge is 0.380 e. The third kappa shape index (κ3) is 4.16. The first kappa shape index (κ1) is 19.4. The molecule has 27 heavy (non-hydrogen) atoms. The number of benzene rings is 1. The summed E-state index contributed by atoms with van der Waals surface area (Å²) in [5.74, 6) is -0.247. The second-order valence-corrected chi connectivity index (χ2v) is 8.44. The quantitative estimate of drug-likeness (QED) is 0.578. The van der Waals surface area contributed by atoms with E-state index in [1.54, 1.807) is 18.3 Å². The molecule has 0 fully saturated rings. The van der Waals surface area contributed by atoms with Gasteiger partial charge in [0, 0.05) is 29.1 Å². The predicted molar refractivity (Wildman–Crippen MR) is 102 cm³/mol. The Bertz CT molecular complexity index is 1080. The zero-order valence-electron chi connectivity index (χ0n) is 14.1. The molecule has 0 atom stereocenters. The molecule has 2 aromatic heterocycles.